The molecule has 0 amide bonds. The van der Waals surface area contributed by atoms with Crippen LogP contribution in [0.2, 0.25) is 5.15 Å². The lowest BCUT2D eigenvalue weighted by Gasteiger charge is -2.19. The Hall–Kier alpha value is -1.33. The first-order chi connectivity index (χ1) is 8.07. The van der Waals surface area contributed by atoms with Crippen molar-refractivity contribution in [2.75, 3.05) is 6.54 Å². The molecule has 0 radical (unpaired) electrons. The van der Waals surface area contributed by atoms with Crippen molar-refractivity contribution >= 4 is 11.6 Å². The summed E-state index contributed by atoms with van der Waals surface area (Å²) in [6.45, 7) is 1.89. The van der Waals surface area contributed by atoms with E-state index in [-0.39, 0.29) is 18.1 Å². The number of hydrogen-bond acceptors (Lipinski definition) is 4. The molecule has 1 aromatic rings. The summed E-state index contributed by atoms with van der Waals surface area (Å²) in [5.41, 5.74) is 9.26. The third kappa shape index (κ3) is 3.57. The quantitative estimate of drug-likeness (QED) is 0.365. The molecule has 0 aliphatic rings. The second-order valence-corrected chi connectivity index (χ2v) is 3.95. The summed E-state index contributed by atoms with van der Waals surface area (Å²) in [5.74, 6) is 0. The van der Waals surface area contributed by atoms with Gasteiger partial charge in [-0.25, -0.2) is 4.98 Å². The van der Waals surface area contributed by atoms with Crippen LogP contribution in [0.1, 0.15) is 23.7 Å². The highest BCUT2D eigenvalue weighted by atomic mass is 35.5. The second kappa shape index (κ2) is 6.42. The molecule has 0 saturated carbocycles. The minimum atomic E-state index is -1.13. The van der Waals surface area contributed by atoms with Crippen LogP contribution in [0, 0.1) is 6.92 Å². The number of pyridine rings is 1. The first kappa shape index (κ1) is 13.7. The van der Waals surface area contributed by atoms with Crippen molar-refractivity contribution < 1.29 is 10.2 Å². The van der Waals surface area contributed by atoms with Gasteiger partial charge in [-0.05, 0) is 30.5 Å². The maximum Gasteiger partial charge on any atom is 0.135 e. The summed E-state index contributed by atoms with van der Waals surface area (Å²) in [5, 5.41) is 23.1. The lowest BCUT2D eigenvalue weighted by molar-refractivity contribution is 0.0145. The van der Waals surface area contributed by atoms with Gasteiger partial charge >= 0.3 is 0 Å². The van der Waals surface area contributed by atoms with Crippen molar-refractivity contribution in [2.24, 2.45) is 5.11 Å². The molecule has 1 rings (SSSR count). The minimum absolute atomic E-state index is 0.117. The van der Waals surface area contributed by atoms with Crippen LogP contribution in [0.3, 0.4) is 0 Å². The predicted octanol–water partition coefficient (Wildman–Crippen LogP) is 2.14. The fourth-order valence-electron chi connectivity index (χ4n) is 1.48. The summed E-state index contributed by atoms with van der Waals surface area (Å²) >= 11 is 5.87. The van der Waals surface area contributed by atoms with E-state index in [1.54, 1.807) is 13.0 Å². The largest absolute Gasteiger partial charge is 0.390 e. The van der Waals surface area contributed by atoms with Crippen molar-refractivity contribution in [3.05, 3.63) is 39.0 Å². The van der Waals surface area contributed by atoms with E-state index in [4.69, 9.17) is 17.1 Å². The van der Waals surface area contributed by atoms with Gasteiger partial charge in [0, 0.05) is 23.2 Å². The average molecular weight is 257 g/mol. The van der Waals surface area contributed by atoms with Crippen LogP contribution in [0.5, 0.6) is 0 Å². The Kier molecular flexibility index (Phi) is 5.18. The SMILES string of the molecule is Cc1ccnc(Cl)c1C(O)C(O)CCN=[N+]=[N-]. The highest BCUT2D eigenvalue weighted by Gasteiger charge is 2.22. The monoisotopic (exact) mass is 256 g/mol. The van der Waals surface area contributed by atoms with Gasteiger partial charge in [0.25, 0.3) is 0 Å². The van der Waals surface area contributed by atoms with Crippen LogP contribution in [0.25, 0.3) is 10.4 Å². The number of azide groups is 1. The molecule has 2 N–H and O–H groups in total. The molecule has 0 aromatic carbocycles. The zero-order chi connectivity index (χ0) is 12.8. The van der Waals surface area contributed by atoms with E-state index in [2.05, 4.69) is 15.0 Å². The molecule has 6 nitrogen and oxygen atoms in total. The molecule has 0 bridgehead atoms. The summed E-state index contributed by atoms with van der Waals surface area (Å²) in [4.78, 5) is 6.42. The number of aryl methyl sites for hydroxylation is 1. The lowest BCUT2D eigenvalue weighted by Crippen LogP contribution is -2.20. The van der Waals surface area contributed by atoms with Crippen LogP contribution in [-0.4, -0.2) is 27.8 Å². The first-order valence-electron chi connectivity index (χ1n) is 5.06. The van der Waals surface area contributed by atoms with Crippen molar-refractivity contribution in [2.45, 2.75) is 25.6 Å². The van der Waals surface area contributed by atoms with Gasteiger partial charge in [-0.2, -0.15) is 0 Å². The number of aliphatic hydroxyl groups excluding tert-OH is 2. The highest BCUT2D eigenvalue weighted by molar-refractivity contribution is 6.30. The molecular weight excluding hydrogens is 244 g/mol. The third-order valence-corrected chi connectivity index (χ3v) is 2.71. The molecule has 1 heterocycles. The molecule has 0 fully saturated rings. The fourth-order valence-corrected chi connectivity index (χ4v) is 1.79. The van der Waals surface area contributed by atoms with Gasteiger partial charge in [0.1, 0.15) is 11.3 Å². The number of halogens is 1. The van der Waals surface area contributed by atoms with Crippen LogP contribution < -0.4 is 0 Å². The van der Waals surface area contributed by atoms with Crippen LogP contribution >= 0.6 is 11.6 Å². The van der Waals surface area contributed by atoms with E-state index in [1.165, 1.54) is 6.20 Å². The Morgan fingerprint density at radius 2 is 2.29 bits per heavy atom. The minimum Gasteiger partial charge on any atom is -0.390 e. The molecule has 0 saturated heterocycles. The Morgan fingerprint density at radius 1 is 1.59 bits per heavy atom. The molecule has 2 atom stereocenters. The fraction of sp³-hybridized carbons (Fsp3) is 0.500. The zero-order valence-electron chi connectivity index (χ0n) is 9.28. The molecule has 0 aliphatic carbocycles. The standard InChI is InChI=1S/C10H13ClN4O2/c1-6-2-4-13-10(11)8(6)9(17)7(16)3-5-14-15-12/h2,4,7,9,16-17H,3,5H2,1H3. The summed E-state index contributed by atoms with van der Waals surface area (Å²) < 4.78 is 0. The topological polar surface area (TPSA) is 102 Å². The zero-order valence-corrected chi connectivity index (χ0v) is 10.0. The molecule has 7 heteroatoms. The normalized spacial score (nSPS) is 13.9. The van der Waals surface area contributed by atoms with Crippen LogP contribution in [-0.2, 0) is 0 Å². The van der Waals surface area contributed by atoms with Crippen molar-refractivity contribution in [1.29, 1.82) is 0 Å². The lowest BCUT2D eigenvalue weighted by atomic mass is 10.00. The molecule has 2 unspecified atom stereocenters. The van der Waals surface area contributed by atoms with E-state index < -0.39 is 12.2 Å². The van der Waals surface area contributed by atoms with Gasteiger partial charge in [-0.15, -0.1) is 0 Å². The number of aliphatic hydroxyl groups is 2. The molecule has 92 valence electrons. The van der Waals surface area contributed by atoms with E-state index in [0.29, 0.717) is 5.56 Å². The maximum absolute atomic E-state index is 9.94. The number of nitrogens with zero attached hydrogens (tertiary/aromatic N) is 4. The molecular formula is C10H13ClN4O2. The number of hydrogen-bond donors (Lipinski definition) is 2. The van der Waals surface area contributed by atoms with Gasteiger partial charge in [-0.3, -0.25) is 0 Å². The van der Waals surface area contributed by atoms with Gasteiger partial charge in [0.05, 0.1) is 6.10 Å². The van der Waals surface area contributed by atoms with Crippen molar-refractivity contribution in [1.82, 2.24) is 4.98 Å². The van der Waals surface area contributed by atoms with Gasteiger partial charge in [0.15, 0.2) is 0 Å². The van der Waals surface area contributed by atoms with Crippen molar-refractivity contribution in [3.8, 4) is 0 Å². The summed E-state index contributed by atoms with van der Waals surface area (Å²) in [6.07, 6.45) is -0.484. The van der Waals surface area contributed by atoms with E-state index in [0.717, 1.165) is 5.56 Å². The van der Waals surface area contributed by atoms with Crippen LogP contribution in [0.4, 0.5) is 0 Å². The van der Waals surface area contributed by atoms with E-state index >= 15 is 0 Å². The third-order valence-electron chi connectivity index (χ3n) is 2.41. The van der Waals surface area contributed by atoms with Gasteiger partial charge in [0.2, 0.25) is 0 Å². The van der Waals surface area contributed by atoms with Crippen molar-refractivity contribution in [3.63, 3.8) is 0 Å². The van der Waals surface area contributed by atoms with Crippen LogP contribution in [0.15, 0.2) is 17.4 Å². The Morgan fingerprint density at radius 3 is 2.88 bits per heavy atom. The molecule has 1 aromatic heterocycles. The van der Waals surface area contributed by atoms with E-state index in [9.17, 15) is 10.2 Å². The maximum atomic E-state index is 9.94. The molecule has 0 spiro atoms. The number of aromatic nitrogens is 1. The summed E-state index contributed by atoms with van der Waals surface area (Å²) in [7, 11) is 0. The number of rotatable bonds is 5. The van der Waals surface area contributed by atoms with E-state index in [1.807, 2.05) is 0 Å². The summed E-state index contributed by atoms with van der Waals surface area (Å²) in [6, 6.07) is 1.70. The average Bonchev–Trinajstić information content (AvgIpc) is 2.28. The smallest absolute Gasteiger partial charge is 0.135 e. The Labute approximate surface area is 104 Å². The molecule has 17 heavy (non-hydrogen) atoms. The molecule has 0 aliphatic heterocycles. The second-order valence-electron chi connectivity index (χ2n) is 3.59. The Bertz CT molecular complexity index is 414. The van der Waals surface area contributed by atoms with Gasteiger partial charge in [-0.1, -0.05) is 16.7 Å². The first-order valence-corrected chi connectivity index (χ1v) is 5.43. The van der Waals surface area contributed by atoms with Gasteiger partial charge < -0.3 is 10.2 Å². The Balaban J connectivity index is 2.81. The highest BCUT2D eigenvalue weighted by Crippen LogP contribution is 2.27. The predicted molar refractivity (Wildman–Crippen MR) is 63.6 cm³/mol.